The minimum Gasteiger partial charge on any atom is -0.256 e. The van der Waals surface area contributed by atoms with Gasteiger partial charge in [0.1, 0.15) is 0 Å². The first kappa shape index (κ1) is 14.8. The summed E-state index contributed by atoms with van der Waals surface area (Å²) in [6.45, 7) is 0. The highest BCUT2D eigenvalue weighted by atomic mass is 14.7. The third-order valence-electron chi connectivity index (χ3n) is 4.76. The minimum absolute atomic E-state index is 0.961. The number of benzene rings is 3. The number of hydrogen-bond acceptors (Lipinski definition) is 2. The number of pyridine rings is 2. The molecule has 0 aliphatic carbocycles. The fraction of sp³-hybridized carbons (Fsp3) is 0. The van der Waals surface area contributed by atoms with Crippen LogP contribution in [0.4, 0.5) is 0 Å². The van der Waals surface area contributed by atoms with E-state index in [4.69, 9.17) is 0 Å². The van der Waals surface area contributed by atoms with Crippen molar-refractivity contribution in [3.05, 3.63) is 97.3 Å². The van der Waals surface area contributed by atoms with Crippen LogP contribution in [0.5, 0.6) is 0 Å². The normalized spacial score (nSPS) is 11.1. The van der Waals surface area contributed by atoms with Crippen LogP contribution in [0.2, 0.25) is 0 Å². The van der Waals surface area contributed by atoms with Crippen LogP contribution in [0, 0.1) is 0 Å². The average molecular weight is 332 g/mol. The first-order valence-electron chi connectivity index (χ1n) is 8.68. The smallest absolute Gasteiger partial charge is 0.0708 e. The van der Waals surface area contributed by atoms with Crippen molar-refractivity contribution in [1.29, 1.82) is 0 Å². The second-order valence-corrected chi connectivity index (χ2v) is 6.37. The number of hydrogen-bond donors (Lipinski definition) is 0. The lowest BCUT2D eigenvalue weighted by molar-refractivity contribution is 1.29. The largest absolute Gasteiger partial charge is 0.256 e. The zero-order valence-electron chi connectivity index (χ0n) is 14.1. The summed E-state index contributed by atoms with van der Waals surface area (Å²) in [5.74, 6) is 0. The van der Waals surface area contributed by atoms with E-state index in [1.165, 1.54) is 21.5 Å². The summed E-state index contributed by atoms with van der Waals surface area (Å²) in [6, 6.07) is 29.5. The van der Waals surface area contributed by atoms with E-state index in [1.807, 2.05) is 36.7 Å². The molecule has 0 spiro atoms. The van der Waals surface area contributed by atoms with E-state index < -0.39 is 0 Å². The van der Waals surface area contributed by atoms with Crippen LogP contribution >= 0.6 is 0 Å². The quantitative estimate of drug-likeness (QED) is 0.364. The van der Waals surface area contributed by atoms with Gasteiger partial charge in [0.15, 0.2) is 0 Å². The summed E-state index contributed by atoms with van der Waals surface area (Å²) >= 11 is 0. The van der Waals surface area contributed by atoms with E-state index in [9.17, 15) is 0 Å². The fourth-order valence-corrected chi connectivity index (χ4v) is 3.45. The van der Waals surface area contributed by atoms with Gasteiger partial charge in [0.25, 0.3) is 0 Å². The van der Waals surface area contributed by atoms with Crippen LogP contribution in [0.25, 0.3) is 44.1 Å². The van der Waals surface area contributed by atoms with Crippen LogP contribution in [0.3, 0.4) is 0 Å². The van der Waals surface area contributed by atoms with Crippen LogP contribution in [-0.2, 0) is 0 Å². The Hall–Kier alpha value is -3.52. The van der Waals surface area contributed by atoms with Crippen molar-refractivity contribution < 1.29 is 0 Å². The molecule has 122 valence electrons. The Kier molecular flexibility index (Phi) is 3.46. The van der Waals surface area contributed by atoms with E-state index in [0.29, 0.717) is 0 Å². The third-order valence-corrected chi connectivity index (χ3v) is 4.76. The molecule has 0 fully saturated rings. The molecule has 2 heteroatoms. The highest BCUT2D eigenvalue weighted by molar-refractivity contribution is 6.08. The van der Waals surface area contributed by atoms with Gasteiger partial charge in [-0.1, -0.05) is 54.6 Å². The Labute approximate surface area is 151 Å². The van der Waals surface area contributed by atoms with Crippen LogP contribution in [-0.4, -0.2) is 9.97 Å². The molecular formula is C24H16N2. The topological polar surface area (TPSA) is 25.8 Å². The average Bonchev–Trinajstić information content (AvgIpc) is 2.74. The Morgan fingerprint density at radius 3 is 2.15 bits per heavy atom. The summed E-state index contributed by atoms with van der Waals surface area (Å²) < 4.78 is 0. The molecule has 5 rings (SSSR count). The molecule has 5 aromatic rings. The molecular weight excluding hydrogens is 316 g/mol. The number of rotatable bonds is 2. The van der Waals surface area contributed by atoms with Gasteiger partial charge in [0.05, 0.1) is 11.4 Å². The molecule has 0 bridgehead atoms. The predicted octanol–water partition coefficient (Wildman–Crippen LogP) is 6.12. The van der Waals surface area contributed by atoms with Gasteiger partial charge in [-0.15, -0.1) is 0 Å². The Morgan fingerprint density at radius 2 is 1.23 bits per heavy atom. The zero-order chi connectivity index (χ0) is 17.3. The van der Waals surface area contributed by atoms with Gasteiger partial charge in [0, 0.05) is 23.5 Å². The second-order valence-electron chi connectivity index (χ2n) is 6.37. The first-order chi connectivity index (χ1) is 12.9. The van der Waals surface area contributed by atoms with E-state index in [-0.39, 0.29) is 0 Å². The fourth-order valence-electron chi connectivity index (χ4n) is 3.45. The molecule has 2 nitrogen and oxygen atoms in total. The molecule has 0 radical (unpaired) electrons. The molecule has 26 heavy (non-hydrogen) atoms. The van der Waals surface area contributed by atoms with Gasteiger partial charge in [-0.2, -0.15) is 0 Å². The van der Waals surface area contributed by atoms with Crippen LogP contribution in [0.15, 0.2) is 97.3 Å². The van der Waals surface area contributed by atoms with Gasteiger partial charge in [-0.25, -0.2) is 0 Å². The van der Waals surface area contributed by atoms with E-state index in [0.717, 1.165) is 22.5 Å². The minimum atomic E-state index is 0.961. The standard InChI is InChI=1S/C24H16N2/c1-2-6-21-17(5-1)8-9-18-15-19(10-11-22(18)21)24-16-20(12-14-26-24)23-7-3-4-13-25-23/h1-16H. The second kappa shape index (κ2) is 6.08. The van der Waals surface area contributed by atoms with Gasteiger partial charge in [0.2, 0.25) is 0 Å². The molecule has 0 saturated carbocycles. The van der Waals surface area contributed by atoms with Crippen molar-refractivity contribution >= 4 is 21.5 Å². The van der Waals surface area contributed by atoms with Gasteiger partial charge >= 0.3 is 0 Å². The maximum absolute atomic E-state index is 4.58. The zero-order valence-corrected chi connectivity index (χ0v) is 14.1. The molecule has 0 aliphatic rings. The molecule has 0 amide bonds. The summed E-state index contributed by atoms with van der Waals surface area (Å²) in [5, 5.41) is 5.05. The molecule has 0 unspecified atom stereocenters. The predicted molar refractivity (Wildman–Crippen MR) is 108 cm³/mol. The Morgan fingerprint density at radius 1 is 0.462 bits per heavy atom. The molecule has 0 saturated heterocycles. The summed E-state index contributed by atoms with van der Waals surface area (Å²) in [4.78, 5) is 9.02. The van der Waals surface area contributed by atoms with Gasteiger partial charge < -0.3 is 0 Å². The Bertz CT molecular complexity index is 1230. The third kappa shape index (κ3) is 2.52. The van der Waals surface area contributed by atoms with E-state index in [2.05, 4.69) is 70.6 Å². The lowest BCUT2D eigenvalue weighted by Crippen LogP contribution is -1.87. The summed E-state index contributed by atoms with van der Waals surface area (Å²) in [6.07, 6.45) is 3.67. The van der Waals surface area contributed by atoms with Crippen molar-refractivity contribution in [3.8, 4) is 22.5 Å². The monoisotopic (exact) mass is 332 g/mol. The van der Waals surface area contributed by atoms with Crippen molar-refractivity contribution in [3.63, 3.8) is 0 Å². The van der Waals surface area contributed by atoms with E-state index >= 15 is 0 Å². The number of aromatic nitrogens is 2. The maximum atomic E-state index is 4.58. The lowest BCUT2D eigenvalue weighted by Gasteiger charge is -2.08. The van der Waals surface area contributed by atoms with Gasteiger partial charge in [-0.3, -0.25) is 9.97 Å². The van der Waals surface area contributed by atoms with E-state index in [1.54, 1.807) is 0 Å². The molecule has 0 aliphatic heterocycles. The molecule has 2 heterocycles. The van der Waals surface area contributed by atoms with Crippen molar-refractivity contribution in [2.24, 2.45) is 0 Å². The van der Waals surface area contributed by atoms with Crippen molar-refractivity contribution in [2.75, 3.05) is 0 Å². The highest BCUT2D eigenvalue weighted by Crippen LogP contribution is 2.30. The summed E-state index contributed by atoms with van der Waals surface area (Å²) in [7, 11) is 0. The molecule has 0 atom stereocenters. The van der Waals surface area contributed by atoms with Gasteiger partial charge in [-0.05, 0) is 51.9 Å². The molecule has 0 N–H and O–H groups in total. The first-order valence-corrected chi connectivity index (χ1v) is 8.68. The van der Waals surface area contributed by atoms with Crippen molar-refractivity contribution in [1.82, 2.24) is 9.97 Å². The van der Waals surface area contributed by atoms with Crippen LogP contribution < -0.4 is 0 Å². The number of fused-ring (bicyclic) bond motifs is 3. The Balaban J connectivity index is 1.64. The van der Waals surface area contributed by atoms with Crippen molar-refractivity contribution in [2.45, 2.75) is 0 Å². The number of nitrogens with zero attached hydrogens (tertiary/aromatic N) is 2. The SMILES string of the molecule is c1ccc(-c2ccnc(-c3ccc4c(ccc5ccccc54)c3)c2)nc1. The summed E-state index contributed by atoms with van der Waals surface area (Å²) in [5.41, 5.74) is 4.12. The molecule has 2 aromatic heterocycles. The highest BCUT2D eigenvalue weighted by Gasteiger charge is 2.06. The molecule has 3 aromatic carbocycles. The maximum Gasteiger partial charge on any atom is 0.0708 e. The lowest BCUT2D eigenvalue weighted by atomic mass is 9.98. The van der Waals surface area contributed by atoms with Crippen LogP contribution in [0.1, 0.15) is 0 Å².